The molecule has 0 N–H and O–H groups in total. The van der Waals surface area contributed by atoms with Gasteiger partial charge < -0.3 is 4.57 Å². The minimum atomic E-state index is 0.335. The average molecular weight is 337 g/mol. The van der Waals surface area contributed by atoms with Crippen LogP contribution < -0.4 is 0 Å². The maximum Gasteiger partial charge on any atom is 0.0759 e. The highest BCUT2D eigenvalue weighted by Crippen LogP contribution is 2.34. The lowest BCUT2D eigenvalue weighted by molar-refractivity contribution is 0.220. The quantitative estimate of drug-likeness (QED) is 0.641. The first kappa shape index (κ1) is 15.7. The molecule has 1 aromatic carbocycles. The summed E-state index contributed by atoms with van der Waals surface area (Å²) in [5, 5.41) is 4.46. The van der Waals surface area contributed by atoms with E-state index >= 15 is 0 Å². The summed E-state index contributed by atoms with van der Waals surface area (Å²) < 4.78 is 2.44. The molecular weight excluding hydrogens is 312 g/mol. The Morgan fingerprint density at radius 3 is 2.79 bits per heavy atom. The molecule has 0 unspecified atom stereocenters. The number of aryl methyl sites for hydroxylation is 3. The molecule has 0 saturated carbocycles. The van der Waals surface area contributed by atoms with Gasteiger partial charge in [0.05, 0.1) is 6.04 Å². The fraction of sp³-hybridized carbons (Fsp3) is 0.333. The molecule has 3 heterocycles. The van der Waals surface area contributed by atoms with Crippen LogP contribution in [0.5, 0.6) is 0 Å². The van der Waals surface area contributed by atoms with Crippen molar-refractivity contribution in [2.75, 3.05) is 6.54 Å². The number of fused-ring (bicyclic) bond motifs is 1. The van der Waals surface area contributed by atoms with Gasteiger partial charge >= 0.3 is 0 Å². The second-order valence-electron chi connectivity index (χ2n) is 6.83. The zero-order valence-electron chi connectivity index (χ0n) is 14.4. The Labute approximate surface area is 148 Å². The van der Waals surface area contributed by atoms with E-state index in [0.717, 1.165) is 19.6 Å². The number of rotatable bonds is 3. The van der Waals surface area contributed by atoms with Crippen LogP contribution in [0.25, 0.3) is 0 Å². The fourth-order valence-corrected chi connectivity index (χ4v) is 4.40. The van der Waals surface area contributed by atoms with Crippen LogP contribution in [0.1, 0.15) is 40.4 Å². The molecule has 124 valence electrons. The standard InChI is InChI=1S/C21H24N2S/c1-16-6-7-19(13-17(16)2)21-20-5-3-9-22(20)10-4-11-23(21)14-18-8-12-24-15-18/h3,5-9,12-13,15,21H,4,10-11,14H2,1-2H3/t21-/m0/s1. The van der Waals surface area contributed by atoms with E-state index in [1.165, 1.54) is 34.4 Å². The molecule has 3 heteroatoms. The lowest BCUT2D eigenvalue weighted by Gasteiger charge is -2.30. The summed E-state index contributed by atoms with van der Waals surface area (Å²) in [6.07, 6.45) is 3.44. The molecule has 0 bridgehead atoms. The first-order chi connectivity index (χ1) is 11.7. The van der Waals surface area contributed by atoms with E-state index in [2.05, 4.69) is 76.7 Å². The summed E-state index contributed by atoms with van der Waals surface area (Å²) >= 11 is 1.79. The number of hydrogen-bond donors (Lipinski definition) is 0. The van der Waals surface area contributed by atoms with E-state index in [1.807, 2.05) is 0 Å². The normalized spacial score (nSPS) is 18.3. The smallest absolute Gasteiger partial charge is 0.0759 e. The zero-order valence-corrected chi connectivity index (χ0v) is 15.2. The second-order valence-corrected chi connectivity index (χ2v) is 7.61. The number of aromatic nitrogens is 1. The van der Waals surface area contributed by atoms with Crippen LogP contribution in [0.4, 0.5) is 0 Å². The molecule has 2 aromatic heterocycles. The number of hydrogen-bond acceptors (Lipinski definition) is 2. The van der Waals surface area contributed by atoms with Gasteiger partial charge in [-0.15, -0.1) is 0 Å². The van der Waals surface area contributed by atoms with E-state index < -0.39 is 0 Å². The van der Waals surface area contributed by atoms with Gasteiger partial charge in [0.2, 0.25) is 0 Å². The molecule has 0 aliphatic carbocycles. The van der Waals surface area contributed by atoms with Crippen molar-refractivity contribution in [3.63, 3.8) is 0 Å². The zero-order chi connectivity index (χ0) is 16.5. The van der Waals surface area contributed by atoms with Gasteiger partial charge in [0.1, 0.15) is 0 Å². The van der Waals surface area contributed by atoms with Crippen LogP contribution >= 0.6 is 11.3 Å². The molecule has 24 heavy (non-hydrogen) atoms. The molecule has 0 radical (unpaired) electrons. The topological polar surface area (TPSA) is 8.17 Å². The second kappa shape index (κ2) is 6.58. The van der Waals surface area contributed by atoms with Crippen LogP contribution in [-0.2, 0) is 13.1 Å². The molecule has 4 rings (SSSR count). The Morgan fingerprint density at radius 2 is 2.00 bits per heavy atom. The van der Waals surface area contributed by atoms with Crippen molar-refractivity contribution in [1.82, 2.24) is 9.47 Å². The number of thiophene rings is 1. The number of benzene rings is 1. The molecule has 0 fully saturated rings. The van der Waals surface area contributed by atoms with Gasteiger partial charge in [0, 0.05) is 31.5 Å². The molecule has 1 aliphatic rings. The van der Waals surface area contributed by atoms with Crippen molar-refractivity contribution >= 4 is 11.3 Å². The van der Waals surface area contributed by atoms with Crippen molar-refractivity contribution in [2.24, 2.45) is 0 Å². The van der Waals surface area contributed by atoms with E-state index in [-0.39, 0.29) is 0 Å². The number of nitrogens with zero attached hydrogens (tertiary/aromatic N) is 2. The van der Waals surface area contributed by atoms with Gasteiger partial charge in [0.15, 0.2) is 0 Å². The maximum atomic E-state index is 2.64. The Morgan fingerprint density at radius 1 is 1.08 bits per heavy atom. The van der Waals surface area contributed by atoms with Crippen molar-refractivity contribution < 1.29 is 0 Å². The van der Waals surface area contributed by atoms with Gasteiger partial charge in [-0.3, -0.25) is 4.90 Å². The van der Waals surface area contributed by atoms with Crippen molar-refractivity contribution in [3.8, 4) is 0 Å². The van der Waals surface area contributed by atoms with Crippen LogP contribution in [0.3, 0.4) is 0 Å². The molecule has 0 spiro atoms. The van der Waals surface area contributed by atoms with Gasteiger partial charge in [0.25, 0.3) is 0 Å². The third-order valence-electron chi connectivity index (χ3n) is 5.17. The highest BCUT2D eigenvalue weighted by molar-refractivity contribution is 7.07. The lowest BCUT2D eigenvalue weighted by atomic mass is 9.97. The summed E-state index contributed by atoms with van der Waals surface area (Å²) in [4.78, 5) is 2.64. The summed E-state index contributed by atoms with van der Waals surface area (Å²) in [7, 11) is 0. The largest absolute Gasteiger partial charge is 0.350 e. The third-order valence-corrected chi connectivity index (χ3v) is 5.90. The van der Waals surface area contributed by atoms with Gasteiger partial charge in [-0.05, 0) is 71.5 Å². The lowest BCUT2D eigenvalue weighted by Crippen LogP contribution is -2.29. The Balaban J connectivity index is 1.77. The van der Waals surface area contributed by atoms with Gasteiger partial charge in [-0.25, -0.2) is 0 Å². The molecular formula is C21H24N2S. The van der Waals surface area contributed by atoms with Crippen LogP contribution in [0.2, 0.25) is 0 Å². The van der Waals surface area contributed by atoms with Crippen LogP contribution in [0, 0.1) is 13.8 Å². The molecule has 1 aliphatic heterocycles. The highest BCUT2D eigenvalue weighted by Gasteiger charge is 2.27. The molecule has 0 saturated heterocycles. The van der Waals surface area contributed by atoms with Crippen molar-refractivity contribution in [3.05, 3.63) is 81.3 Å². The Hall–Kier alpha value is -1.84. The minimum Gasteiger partial charge on any atom is -0.350 e. The van der Waals surface area contributed by atoms with E-state index in [9.17, 15) is 0 Å². The molecule has 2 nitrogen and oxygen atoms in total. The Kier molecular flexibility index (Phi) is 4.30. The summed E-state index contributed by atoms with van der Waals surface area (Å²) in [5.41, 5.74) is 7.01. The van der Waals surface area contributed by atoms with Crippen molar-refractivity contribution in [1.29, 1.82) is 0 Å². The highest BCUT2D eigenvalue weighted by atomic mass is 32.1. The summed E-state index contributed by atoms with van der Waals surface area (Å²) in [6, 6.07) is 14.0. The predicted octanol–water partition coefficient (Wildman–Crippen LogP) is 5.16. The van der Waals surface area contributed by atoms with Crippen LogP contribution in [0.15, 0.2) is 53.4 Å². The fourth-order valence-electron chi connectivity index (χ4n) is 3.74. The first-order valence-corrected chi connectivity index (χ1v) is 9.64. The predicted molar refractivity (Wildman–Crippen MR) is 102 cm³/mol. The summed E-state index contributed by atoms with van der Waals surface area (Å²) in [5.74, 6) is 0. The van der Waals surface area contributed by atoms with E-state index in [1.54, 1.807) is 11.3 Å². The SMILES string of the molecule is Cc1ccc([C@H]2c3cccn3CCCN2Cc2ccsc2)cc1C. The van der Waals surface area contributed by atoms with E-state index in [4.69, 9.17) is 0 Å². The monoisotopic (exact) mass is 336 g/mol. The molecule has 3 aromatic rings. The maximum absolute atomic E-state index is 2.64. The average Bonchev–Trinajstić information content (AvgIpc) is 3.21. The summed E-state index contributed by atoms with van der Waals surface area (Å²) in [6.45, 7) is 7.68. The third kappa shape index (κ3) is 2.94. The van der Waals surface area contributed by atoms with E-state index in [0.29, 0.717) is 6.04 Å². The Bertz CT molecular complexity index is 816. The first-order valence-electron chi connectivity index (χ1n) is 8.70. The molecule has 1 atom stereocenters. The minimum absolute atomic E-state index is 0.335. The van der Waals surface area contributed by atoms with Gasteiger partial charge in [-0.1, -0.05) is 18.2 Å². The van der Waals surface area contributed by atoms with Gasteiger partial charge in [-0.2, -0.15) is 11.3 Å². The molecule has 0 amide bonds. The van der Waals surface area contributed by atoms with Crippen LogP contribution in [-0.4, -0.2) is 16.0 Å². The van der Waals surface area contributed by atoms with Crippen molar-refractivity contribution in [2.45, 2.75) is 39.4 Å².